The highest BCUT2D eigenvalue weighted by molar-refractivity contribution is 7.91. The Labute approximate surface area is 170 Å². The Morgan fingerprint density at radius 1 is 1.21 bits per heavy atom. The number of carbonyl (C=O) groups is 1. The van der Waals surface area contributed by atoms with Crippen molar-refractivity contribution in [3.05, 3.63) is 62.4 Å². The number of sulfone groups is 1. The summed E-state index contributed by atoms with van der Waals surface area (Å²) in [4.78, 5) is 25.0. The Morgan fingerprint density at radius 3 is 2.54 bits per heavy atom. The molecule has 1 aromatic heterocycles. The van der Waals surface area contributed by atoms with Crippen LogP contribution >= 0.6 is 23.2 Å². The average molecular weight is 441 g/mol. The van der Waals surface area contributed by atoms with Crippen molar-refractivity contribution >= 4 is 49.9 Å². The van der Waals surface area contributed by atoms with Gasteiger partial charge in [0.1, 0.15) is 0 Å². The van der Waals surface area contributed by atoms with Crippen LogP contribution in [0, 0.1) is 0 Å². The van der Waals surface area contributed by atoms with Crippen molar-refractivity contribution in [3.8, 4) is 5.69 Å². The molecule has 0 saturated heterocycles. The van der Waals surface area contributed by atoms with Crippen molar-refractivity contribution in [2.24, 2.45) is 0 Å². The van der Waals surface area contributed by atoms with Crippen molar-refractivity contribution < 1.29 is 17.9 Å². The van der Waals surface area contributed by atoms with Crippen LogP contribution in [0.2, 0.25) is 10.0 Å². The second-order valence-electron chi connectivity index (χ2n) is 5.83. The fraction of sp³-hybridized carbons (Fsp3) is 0.167. The van der Waals surface area contributed by atoms with Crippen LogP contribution in [0.3, 0.4) is 0 Å². The minimum absolute atomic E-state index is 0.0212. The lowest BCUT2D eigenvalue weighted by molar-refractivity contribution is 0.0516. The Bertz CT molecular complexity index is 1270. The van der Waals surface area contributed by atoms with E-state index >= 15 is 0 Å². The van der Waals surface area contributed by atoms with E-state index in [1.807, 2.05) is 0 Å². The summed E-state index contributed by atoms with van der Waals surface area (Å²) in [6.45, 7) is 1.60. The molecule has 146 valence electrons. The third-order valence-corrected chi connectivity index (χ3v) is 5.56. The number of rotatable bonds is 4. The van der Waals surface area contributed by atoms with Crippen LogP contribution in [0.5, 0.6) is 0 Å². The zero-order valence-corrected chi connectivity index (χ0v) is 17.1. The molecule has 2 aromatic carbocycles. The van der Waals surface area contributed by atoms with Gasteiger partial charge in [0.2, 0.25) is 11.1 Å². The van der Waals surface area contributed by atoms with Gasteiger partial charge >= 0.3 is 5.97 Å². The maximum atomic E-state index is 12.9. The van der Waals surface area contributed by atoms with Gasteiger partial charge < -0.3 is 4.74 Å². The molecule has 1 heterocycles. The summed E-state index contributed by atoms with van der Waals surface area (Å²) in [5, 5.41) is 4.51. The minimum atomic E-state index is -3.77. The number of nitrogens with zero attached hydrogens (tertiary/aromatic N) is 2. The van der Waals surface area contributed by atoms with Gasteiger partial charge in [-0.2, -0.15) is 5.10 Å². The molecule has 0 bridgehead atoms. The zero-order valence-electron chi connectivity index (χ0n) is 14.8. The number of carbonyl (C=O) groups excluding carboxylic acids is 1. The SMILES string of the molecule is CCOC(=O)c1nn(-c2ccc(Cl)cc2Cl)c2cccc(S(C)(=O)=O)c2c1=O. The Kier molecular flexibility index (Phi) is 5.47. The van der Waals surface area contributed by atoms with E-state index in [1.54, 1.807) is 19.1 Å². The predicted octanol–water partition coefficient (Wildman–Crippen LogP) is 3.27. The van der Waals surface area contributed by atoms with E-state index in [0.717, 1.165) is 6.26 Å². The summed E-state index contributed by atoms with van der Waals surface area (Å²) in [5.41, 5.74) is -0.898. The van der Waals surface area contributed by atoms with Gasteiger partial charge in [-0.25, -0.2) is 17.9 Å². The fourth-order valence-corrected chi connectivity index (χ4v) is 4.10. The van der Waals surface area contributed by atoms with Crippen molar-refractivity contribution in [2.75, 3.05) is 12.9 Å². The van der Waals surface area contributed by atoms with Crippen LogP contribution < -0.4 is 5.43 Å². The number of benzene rings is 2. The summed E-state index contributed by atoms with van der Waals surface area (Å²) in [5.74, 6) is -0.962. The Hall–Kier alpha value is -2.42. The molecular formula is C18H14Cl2N2O5S. The molecule has 28 heavy (non-hydrogen) atoms. The Morgan fingerprint density at radius 2 is 1.93 bits per heavy atom. The molecule has 0 aliphatic rings. The standard InChI is InChI=1S/C18H14Cl2N2O5S/c1-3-27-18(24)16-17(23)15-13(5-4-6-14(15)28(2,25)26)22(21-16)12-8-7-10(19)9-11(12)20/h4-9H,3H2,1-2H3. The number of halogens is 2. The number of esters is 1. The van der Waals surface area contributed by atoms with Gasteiger partial charge in [0, 0.05) is 11.3 Å². The monoisotopic (exact) mass is 440 g/mol. The molecule has 0 unspecified atom stereocenters. The van der Waals surface area contributed by atoms with E-state index in [0.29, 0.717) is 10.7 Å². The summed E-state index contributed by atoms with van der Waals surface area (Å²) in [6.07, 6.45) is 0.977. The highest BCUT2D eigenvalue weighted by Gasteiger charge is 2.24. The molecule has 0 aliphatic heterocycles. The molecule has 0 saturated carbocycles. The fourth-order valence-electron chi connectivity index (χ4n) is 2.72. The van der Waals surface area contributed by atoms with Crippen LogP contribution in [0.25, 0.3) is 16.6 Å². The molecule has 0 atom stereocenters. The van der Waals surface area contributed by atoms with Crippen LogP contribution in [0.15, 0.2) is 46.1 Å². The molecule has 3 aromatic rings. The molecule has 0 spiro atoms. The Balaban J connectivity index is 2.52. The summed E-state index contributed by atoms with van der Waals surface area (Å²) in [6, 6.07) is 8.85. The zero-order chi connectivity index (χ0) is 20.6. The second-order valence-corrected chi connectivity index (χ2v) is 8.66. The summed E-state index contributed by atoms with van der Waals surface area (Å²) >= 11 is 12.2. The lowest BCUT2D eigenvalue weighted by Crippen LogP contribution is -2.25. The first-order valence-electron chi connectivity index (χ1n) is 8.03. The van der Waals surface area contributed by atoms with Crippen LogP contribution in [0.1, 0.15) is 17.4 Å². The third-order valence-electron chi connectivity index (χ3n) is 3.88. The second kappa shape index (κ2) is 7.54. The maximum absolute atomic E-state index is 12.9. The van der Waals surface area contributed by atoms with Crippen LogP contribution in [0.4, 0.5) is 0 Å². The maximum Gasteiger partial charge on any atom is 0.362 e. The van der Waals surface area contributed by atoms with Gasteiger partial charge in [0.25, 0.3) is 0 Å². The van der Waals surface area contributed by atoms with Crippen molar-refractivity contribution in [2.45, 2.75) is 11.8 Å². The minimum Gasteiger partial charge on any atom is -0.461 e. The van der Waals surface area contributed by atoms with E-state index in [1.165, 1.54) is 28.9 Å². The smallest absolute Gasteiger partial charge is 0.362 e. The van der Waals surface area contributed by atoms with E-state index in [-0.39, 0.29) is 27.4 Å². The topological polar surface area (TPSA) is 95.3 Å². The van der Waals surface area contributed by atoms with E-state index in [2.05, 4.69) is 5.10 Å². The van der Waals surface area contributed by atoms with Gasteiger partial charge in [-0.1, -0.05) is 29.3 Å². The number of aromatic nitrogens is 2. The van der Waals surface area contributed by atoms with Gasteiger partial charge in [0.05, 0.1) is 33.1 Å². The normalized spacial score (nSPS) is 11.6. The first-order chi connectivity index (χ1) is 13.1. The average Bonchev–Trinajstić information content (AvgIpc) is 2.61. The van der Waals surface area contributed by atoms with E-state index < -0.39 is 26.9 Å². The van der Waals surface area contributed by atoms with Crippen LogP contribution in [-0.4, -0.2) is 37.0 Å². The molecule has 3 rings (SSSR count). The predicted molar refractivity (Wildman–Crippen MR) is 106 cm³/mol. The summed E-state index contributed by atoms with van der Waals surface area (Å²) < 4.78 is 30.6. The molecule has 0 radical (unpaired) electrons. The highest BCUT2D eigenvalue weighted by Crippen LogP contribution is 2.28. The first-order valence-corrected chi connectivity index (χ1v) is 10.7. The molecule has 0 amide bonds. The van der Waals surface area contributed by atoms with Gasteiger partial charge in [-0.3, -0.25) is 4.79 Å². The van der Waals surface area contributed by atoms with E-state index in [9.17, 15) is 18.0 Å². The lowest BCUT2D eigenvalue weighted by atomic mass is 10.2. The van der Waals surface area contributed by atoms with Crippen molar-refractivity contribution in [1.82, 2.24) is 9.78 Å². The quantitative estimate of drug-likeness (QED) is 0.577. The highest BCUT2D eigenvalue weighted by atomic mass is 35.5. The van der Waals surface area contributed by atoms with Crippen LogP contribution in [-0.2, 0) is 14.6 Å². The molecule has 0 N–H and O–H groups in total. The molecule has 0 aliphatic carbocycles. The lowest BCUT2D eigenvalue weighted by Gasteiger charge is -2.14. The molecule has 0 fully saturated rings. The van der Waals surface area contributed by atoms with Gasteiger partial charge in [-0.05, 0) is 37.3 Å². The van der Waals surface area contributed by atoms with Crippen molar-refractivity contribution in [1.29, 1.82) is 0 Å². The van der Waals surface area contributed by atoms with Gasteiger partial charge in [-0.15, -0.1) is 0 Å². The number of hydrogen-bond acceptors (Lipinski definition) is 6. The first kappa shape index (κ1) is 20.3. The largest absolute Gasteiger partial charge is 0.461 e. The molecule has 7 nitrogen and oxygen atoms in total. The van der Waals surface area contributed by atoms with Crippen molar-refractivity contribution in [3.63, 3.8) is 0 Å². The number of hydrogen-bond donors (Lipinski definition) is 0. The van der Waals surface area contributed by atoms with E-state index in [4.69, 9.17) is 27.9 Å². The number of ether oxygens (including phenoxy) is 1. The van der Waals surface area contributed by atoms with Gasteiger partial charge in [0.15, 0.2) is 9.84 Å². The molecular weight excluding hydrogens is 427 g/mol. The molecule has 10 heteroatoms. The summed E-state index contributed by atoms with van der Waals surface area (Å²) in [7, 11) is -3.77. The number of fused-ring (bicyclic) bond motifs is 1. The third kappa shape index (κ3) is 3.63.